The van der Waals surface area contributed by atoms with Gasteiger partial charge in [-0.15, -0.1) is 0 Å². The predicted octanol–water partition coefficient (Wildman–Crippen LogP) is -0.443. The van der Waals surface area contributed by atoms with Crippen LogP contribution in [0, 0.1) is 0 Å². The topological polar surface area (TPSA) is 98.8 Å². The molecular formula is C18H24N4O4S. The average Bonchev–Trinajstić information content (AvgIpc) is 2.68. The summed E-state index contributed by atoms with van der Waals surface area (Å²) in [6.07, 6.45) is 2.23. The van der Waals surface area contributed by atoms with Crippen LogP contribution in [0.4, 0.5) is 0 Å². The number of sulfonamides is 1. The lowest BCUT2D eigenvalue weighted by Crippen LogP contribution is -2.57. The van der Waals surface area contributed by atoms with E-state index < -0.39 is 10.0 Å². The molecule has 9 heteroatoms. The number of fused-ring (bicyclic) bond motifs is 1. The third-order valence-corrected chi connectivity index (χ3v) is 7.43. The highest BCUT2D eigenvalue weighted by Crippen LogP contribution is 2.26. The van der Waals surface area contributed by atoms with E-state index in [9.17, 15) is 18.0 Å². The van der Waals surface area contributed by atoms with Crippen molar-refractivity contribution in [3.63, 3.8) is 0 Å². The summed E-state index contributed by atoms with van der Waals surface area (Å²) in [4.78, 5) is 26.2. The van der Waals surface area contributed by atoms with Crippen LogP contribution in [0.1, 0.15) is 28.8 Å². The number of amides is 2. The summed E-state index contributed by atoms with van der Waals surface area (Å²) < 4.78 is 27.8. The number of nitrogens with one attached hydrogen (secondary N) is 2. The molecule has 3 heterocycles. The van der Waals surface area contributed by atoms with Gasteiger partial charge in [0.2, 0.25) is 15.9 Å². The second kappa shape index (κ2) is 7.21. The largest absolute Gasteiger partial charge is 0.352 e. The molecule has 0 saturated carbocycles. The molecule has 0 radical (unpaired) electrons. The van der Waals surface area contributed by atoms with Gasteiger partial charge in [0, 0.05) is 44.3 Å². The molecule has 2 N–H and O–H groups in total. The first-order chi connectivity index (χ1) is 13.0. The molecule has 3 aliphatic rings. The molecule has 0 spiro atoms. The van der Waals surface area contributed by atoms with Crippen LogP contribution in [0.5, 0.6) is 0 Å². The Kier molecular flexibility index (Phi) is 4.92. The smallest absolute Gasteiger partial charge is 0.251 e. The van der Waals surface area contributed by atoms with Gasteiger partial charge in [0.25, 0.3) is 5.91 Å². The quantitative estimate of drug-likeness (QED) is 0.727. The number of piperazine rings is 1. The number of rotatable bonds is 3. The van der Waals surface area contributed by atoms with E-state index in [1.54, 1.807) is 17.0 Å². The van der Waals surface area contributed by atoms with Crippen LogP contribution in [0.25, 0.3) is 0 Å². The van der Waals surface area contributed by atoms with Crippen LogP contribution in [-0.4, -0.2) is 74.7 Å². The summed E-state index contributed by atoms with van der Waals surface area (Å²) in [5, 5.41) is 5.80. The molecule has 2 fully saturated rings. The lowest BCUT2D eigenvalue weighted by Gasteiger charge is -2.40. The van der Waals surface area contributed by atoms with Crippen LogP contribution in [0.2, 0.25) is 0 Å². The fourth-order valence-corrected chi connectivity index (χ4v) is 5.64. The molecule has 1 unspecified atom stereocenters. The molecule has 0 aliphatic carbocycles. The van der Waals surface area contributed by atoms with E-state index in [1.807, 2.05) is 0 Å². The summed E-state index contributed by atoms with van der Waals surface area (Å²) in [5.74, 6) is -0.202. The number of hydrogen-bond acceptors (Lipinski definition) is 5. The van der Waals surface area contributed by atoms with Crippen LogP contribution >= 0.6 is 0 Å². The molecule has 1 aromatic rings. The molecule has 0 aromatic heterocycles. The van der Waals surface area contributed by atoms with E-state index in [4.69, 9.17) is 0 Å². The first-order valence-electron chi connectivity index (χ1n) is 9.38. The summed E-state index contributed by atoms with van der Waals surface area (Å²) in [5.41, 5.74) is 1.31. The highest BCUT2D eigenvalue weighted by atomic mass is 32.2. The fourth-order valence-electron chi connectivity index (χ4n) is 4.10. The van der Waals surface area contributed by atoms with Crippen molar-refractivity contribution in [3.05, 3.63) is 29.3 Å². The Bertz CT molecular complexity index is 870. The summed E-state index contributed by atoms with van der Waals surface area (Å²) in [6.45, 7) is 2.96. The van der Waals surface area contributed by atoms with E-state index in [0.29, 0.717) is 51.1 Å². The lowest BCUT2D eigenvalue weighted by atomic mass is 10.0. The second-order valence-electron chi connectivity index (χ2n) is 7.25. The highest BCUT2D eigenvalue weighted by molar-refractivity contribution is 7.89. The summed E-state index contributed by atoms with van der Waals surface area (Å²) in [6, 6.07) is 4.72. The Labute approximate surface area is 158 Å². The molecule has 0 bridgehead atoms. The molecule has 2 amide bonds. The Morgan fingerprint density at radius 1 is 1.11 bits per heavy atom. The van der Waals surface area contributed by atoms with Crippen molar-refractivity contribution in [1.29, 1.82) is 0 Å². The third-order valence-electron chi connectivity index (χ3n) is 5.57. The number of carbonyl (C=O) groups is 2. The minimum atomic E-state index is -3.71. The maximum absolute atomic E-state index is 13.2. The number of carbonyl (C=O) groups excluding carboxylic acids is 2. The van der Waals surface area contributed by atoms with Crippen molar-refractivity contribution >= 4 is 21.8 Å². The number of piperidine rings is 1. The zero-order valence-corrected chi connectivity index (χ0v) is 15.9. The van der Waals surface area contributed by atoms with Gasteiger partial charge in [0.15, 0.2) is 0 Å². The average molecular weight is 392 g/mol. The molecular weight excluding hydrogens is 368 g/mol. The number of nitrogens with zero attached hydrogens (tertiary/aromatic N) is 2. The third kappa shape index (κ3) is 3.46. The Morgan fingerprint density at radius 3 is 2.78 bits per heavy atom. The van der Waals surface area contributed by atoms with Gasteiger partial charge < -0.3 is 15.5 Å². The predicted molar refractivity (Wildman–Crippen MR) is 98.8 cm³/mol. The number of hydrogen-bond donors (Lipinski definition) is 2. The minimum absolute atomic E-state index is 0.0240. The fraction of sp³-hybridized carbons (Fsp3) is 0.556. The highest BCUT2D eigenvalue weighted by Gasteiger charge is 2.35. The van der Waals surface area contributed by atoms with Crippen LogP contribution in [0.3, 0.4) is 0 Å². The van der Waals surface area contributed by atoms with Crippen molar-refractivity contribution in [2.45, 2.75) is 30.2 Å². The van der Waals surface area contributed by atoms with Gasteiger partial charge in [-0.05, 0) is 37.0 Å². The summed E-state index contributed by atoms with van der Waals surface area (Å²) >= 11 is 0. The molecule has 1 aromatic carbocycles. The Morgan fingerprint density at radius 2 is 1.96 bits per heavy atom. The molecule has 1 atom stereocenters. The van der Waals surface area contributed by atoms with Crippen LogP contribution in [-0.2, 0) is 21.2 Å². The monoisotopic (exact) mass is 392 g/mol. The van der Waals surface area contributed by atoms with Crippen molar-refractivity contribution in [2.75, 3.05) is 39.3 Å². The first kappa shape index (κ1) is 18.4. The van der Waals surface area contributed by atoms with Crippen molar-refractivity contribution in [2.24, 2.45) is 0 Å². The zero-order valence-electron chi connectivity index (χ0n) is 15.1. The molecule has 3 aliphatic heterocycles. The Balaban J connectivity index is 1.57. The van der Waals surface area contributed by atoms with Gasteiger partial charge in [-0.3, -0.25) is 9.59 Å². The molecule has 146 valence electrons. The van der Waals surface area contributed by atoms with Gasteiger partial charge in [0.05, 0.1) is 11.4 Å². The molecule has 8 nitrogen and oxygen atoms in total. The van der Waals surface area contributed by atoms with Crippen LogP contribution < -0.4 is 10.6 Å². The minimum Gasteiger partial charge on any atom is -0.352 e. The number of benzene rings is 1. The standard InChI is InChI=1S/C18H24N4O4S/c23-17-11-19-7-9-22(17)14-2-1-8-21(12-14)27(25,26)15-4-3-13-5-6-20-18(24)16(13)10-15/h3-4,10,14,19H,1-2,5-9,11-12H2,(H,20,24). The van der Waals surface area contributed by atoms with Gasteiger partial charge in [0.1, 0.15) is 0 Å². The molecule has 27 heavy (non-hydrogen) atoms. The van der Waals surface area contributed by atoms with Crippen LogP contribution in [0.15, 0.2) is 23.1 Å². The lowest BCUT2D eigenvalue weighted by molar-refractivity contribution is -0.135. The zero-order chi connectivity index (χ0) is 19.0. The van der Waals surface area contributed by atoms with E-state index >= 15 is 0 Å². The normalized spacial score (nSPS) is 24.4. The Hall–Kier alpha value is -1.97. The van der Waals surface area contributed by atoms with Crippen molar-refractivity contribution < 1.29 is 18.0 Å². The summed E-state index contributed by atoms with van der Waals surface area (Å²) in [7, 11) is -3.71. The molecule has 2 saturated heterocycles. The van der Waals surface area contributed by atoms with E-state index in [2.05, 4.69) is 10.6 Å². The SMILES string of the molecule is O=C1NCCc2ccc(S(=O)(=O)N3CCCC(N4CCNCC4=O)C3)cc21. The van der Waals surface area contributed by atoms with E-state index in [0.717, 1.165) is 18.5 Å². The van der Waals surface area contributed by atoms with Gasteiger partial charge in [-0.25, -0.2) is 8.42 Å². The maximum atomic E-state index is 13.2. The van der Waals surface area contributed by atoms with Crippen molar-refractivity contribution in [1.82, 2.24) is 19.8 Å². The van der Waals surface area contributed by atoms with Gasteiger partial charge in [-0.2, -0.15) is 4.31 Å². The van der Waals surface area contributed by atoms with E-state index in [-0.39, 0.29) is 22.8 Å². The molecule has 4 rings (SSSR count). The maximum Gasteiger partial charge on any atom is 0.251 e. The second-order valence-corrected chi connectivity index (χ2v) is 9.19. The first-order valence-corrected chi connectivity index (χ1v) is 10.8. The van der Waals surface area contributed by atoms with E-state index in [1.165, 1.54) is 10.4 Å². The van der Waals surface area contributed by atoms with Gasteiger partial charge in [-0.1, -0.05) is 6.07 Å². The van der Waals surface area contributed by atoms with Crippen molar-refractivity contribution in [3.8, 4) is 0 Å². The van der Waals surface area contributed by atoms with Gasteiger partial charge >= 0.3 is 0 Å².